The summed E-state index contributed by atoms with van der Waals surface area (Å²) in [7, 11) is 3.79. The topological polar surface area (TPSA) is 54.0 Å². The van der Waals surface area contributed by atoms with Gasteiger partial charge in [-0.3, -0.25) is 0 Å². The van der Waals surface area contributed by atoms with E-state index in [9.17, 15) is 5.11 Å². The van der Waals surface area contributed by atoms with Crippen LogP contribution in [0.1, 0.15) is 62.1 Å². The van der Waals surface area contributed by atoms with E-state index in [1.54, 1.807) is 24.3 Å². The van der Waals surface area contributed by atoms with E-state index in [1.807, 2.05) is 6.08 Å². The zero-order valence-corrected chi connectivity index (χ0v) is 23.3. The van der Waals surface area contributed by atoms with Gasteiger partial charge in [-0.05, 0) is 87.3 Å². The molecule has 0 aromatic heterocycles. The number of aliphatic hydroxyl groups excluding tert-OH is 1. The minimum atomic E-state index is -0.604. The molecular formula is C34H42N2O3. The molecule has 2 aromatic carbocycles. The number of fused-ring (bicyclic) bond motifs is 1. The van der Waals surface area contributed by atoms with E-state index in [4.69, 9.17) is 10.8 Å². The van der Waals surface area contributed by atoms with Crippen molar-refractivity contribution >= 4 is 0 Å². The minimum Gasteiger partial charge on any atom is -0.493 e. The Morgan fingerprint density at radius 2 is 2.00 bits per heavy atom. The van der Waals surface area contributed by atoms with Crippen LogP contribution < -0.4 is 14.8 Å². The third kappa shape index (κ3) is 3.24. The van der Waals surface area contributed by atoms with Crippen LogP contribution in [0.25, 0.3) is 0 Å². The summed E-state index contributed by atoms with van der Waals surface area (Å²) in [5.74, 6) is 2.63. The molecule has 3 aliphatic heterocycles. The number of nitrogens with zero attached hydrogens (tertiary/aromatic N) is 1. The second kappa shape index (κ2) is 8.83. The lowest BCUT2D eigenvalue weighted by atomic mass is 9.53. The molecule has 206 valence electrons. The van der Waals surface area contributed by atoms with Gasteiger partial charge in [0.2, 0.25) is 0 Å². The van der Waals surface area contributed by atoms with E-state index in [2.05, 4.69) is 47.6 Å². The van der Waals surface area contributed by atoms with Crippen molar-refractivity contribution in [1.29, 1.82) is 0 Å². The van der Waals surface area contributed by atoms with Crippen LogP contribution in [0.4, 0.5) is 0 Å². The third-order valence-corrected chi connectivity index (χ3v) is 11.8. The zero-order chi connectivity index (χ0) is 27.2. The Labute approximate surface area is 234 Å². The Bertz CT molecular complexity index is 1370. The van der Waals surface area contributed by atoms with E-state index in [1.165, 1.54) is 45.1 Å². The summed E-state index contributed by atoms with van der Waals surface area (Å²) in [6, 6.07) is 12.7. The van der Waals surface area contributed by atoms with E-state index in [-0.39, 0.29) is 11.5 Å². The molecule has 5 nitrogen and oxygen atoms in total. The first-order valence-corrected chi connectivity index (χ1v) is 15.2. The first-order chi connectivity index (χ1) is 19.5. The third-order valence-electron chi connectivity index (χ3n) is 11.8. The van der Waals surface area contributed by atoms with Crippen molar-refractivity contribution < 1.29 is 16.0 Å². The van der Waals surface area contributed by atoms with E-state index in [0.717, 1.165) is 48.2 Å². The molecule has 8 atom stereocenters. The summed E-state index contributed by atoms with van der Waals surface area (Å²) in [5.41, 5.74) is 5.90. The predicted molar refractivity (Wildman–Crippen MR) is 153 cm³/mol. The molecule has 3 fully saturated rings. The summed E-state index contributed by atoms with van der Waals surface area (Å²) in [4.78, 5) is 2.40. The Balaban J connectivity index is 0.000000128. The Kier molecular flexibility index (Phi) is 5.29. The SMILES string of the molecule is [2H]c1cc(OC)c2c3c1C[C@@H]1[C@@H]4C=C[C@H](O)[C@H](O2)[C@]34CCN1C.c1ccc2c(c1)C[C@H]1NCC[C@@]23CCCC[C@@H]13. The lowest BCUT2D eigenvalue weighted by Crippen LogP contribution is -2.64. The average Bonchev–Trinajstić information content (AvgIpc) is 3.32. The molecule has 0 unspecified atom stereocenters. The number of benzene rings is 2. The lowest BCUT2D eigenvalue weighted by molar-refractivity contribution is -0.0453. The van der Waals surface area contributed by atoms with Gasteiger partial charge in [-0.2, -0.15) is 0 Å². The molecule has 2 aromatic rings. The van der Waals surface area contributed by atoms with E-state index in [0.29, 0.717) is 29.2 Å². The molecule has 4 aliphatic carbocycles. The zero-order valence-electron chi connectivity index (χ0n) is 24.3. The molecule has 1 saturated carbocycles. The molecule has 39 heavy (non-hydrogen) atoms. The molecule has 2 N–H and O–H groups in total. The van der Waals surface area contributed by atoms with Gasteiger partial charge in [0.05, 0.1) is 8.48 Å². The summed E-state index contributed by atoms with van der Waals surface area (Å²) in [6.07, 6.45) is 13.4. The second-order valence-corrected chi connectivity index (χ2v) is 13.2. The molecule has 2 saturated heterocycles. The van der Waals surface area contributed by atoms with Crippen molar-refractivity contribution in [1.82, 2.24) is 10.2 Å². The maximum absolute atomic E-state index is 10.6. The largest absolute Gasteiger partial charge is 0.493 e. The van der Waals surface area contributed by atoms with Crippen molar-refractivity contribution in [2.75, 3.05) is 27.2 Å². The quantitative estimate of drug-likeness (QED) is 0.534. The number of ether oxygens (including phenoxy) is 2. The van der Waals surface area contributed by atoms with Crippen molar-refractivity contribution in [2.24, 2.45) is 11.8 Å². The summed E-state index contributed by atoms with van der Waals surface area (Å²) in [6.45, 7) is 2.22. The number of piperidine rings is 2. The summed E-state index contributed by atoms with van der Waals surface area (Å²) >= 11 is 0. The van der Waals surface area contributed by atoms with Crippen LogP contribution in [-0.2, 0) is 23.7 Å². The highest BCUT2D eigenvalue weighted by atomic mass is 16.5. The first-order valence-electron chi connectivity index (χ1n) is 15.7. The van der Waals surface area contributed by atoms with Crippen LogP contribution >= 0.6 is 0 Å². The van der Waals surface area contributed by atoms with Gasteiger partial charge in [-0.25, -0.2) is 0 Å². The maximum atomic E-state index is 10.6. The molecule has 4 bridgehead atoms. The van der Waals surface area contributed by atoms with Gasteiger partial charge in [-0.1, -0.05) is 55.3 Å². The van der Waals surface area contributed by atoms with Crippen LogP contribution in [-0.4, -0.2) is 61.5 Å². The average molecular weight is 528 g/mol. The van der Waals surface area contributed by atoms with Crippen LogP contribution in [0.2, 0.25) is 0 Å². The minimum absolute atomic E-state index is 0.210. The van der Waals surface area contributed by atoms with Crippen LogP contribution in [0.3, 0.4) is 0 Å². The van der Waals surface area contributed by atoms with E-state index < -0.39 is 6.10 Å². The standard InChI is InChI=1S/C18H21NO3.C16H21N/c1-19-8-7-18-11-4-5-13(20)17(18)22-16-14(21-2)6-3-10(15(16)18)9-12(11)19;1-2-6-13-12(5-1)11-15-14-7-3-4-8-16(13,14)9-10-17-15/h3-6,11-13,17,20H,7-9H2,1-2H3;1-2,5-6,14-15,17H,3-4,7-11H2/t11-,12+,13-,17-,18-;14-,15+,16-/m00/s1/i3D;. The normalized spacial score (nSPS) is 40.6. The summed E-state index contributed by atoms with van der Waals surface area (Å²) in [5, 5.41) is 14.4. The fraction of sp³-hybridized carbons (Fsp3) is 0.588. The molecule has 1 spiro atoms. The number of hydrogen-bond acceptors (Lipinski definition) is 5. The molecule has 5 heteroatoms. The summed E-state index contributed by atoms with van der Waals surface area (Å²) < 4.78 is 20.2. The highest BCUT2D eigenvalue weighted by molar-refractivity contribution is 5.62. The molecule has 0 radical (unpaired) electrons. The van der Waals surface area contributed by atoms with Crippen LogP contribution in [0.15, 0.2) is 48.5 Å². The highest BCUT2D eigenvalue weighted by Crippen LogP contribution is 2.62. The van der Waals surface area contributed by atoms with Crippen LogP contribution in [0, 0.1) is 11.8 Å². The fourth-order valence-electron chi connectivity index (χ4n) is 10.2. The van der Waals surface area contributed by atoms with Crippen molar-refractivity contribution in [3.05, 3.63) is 70.8 Å². The number of aliphatic hydroxyl groups is 1. The monoisotopic (exact) mass is 527 g/mol. The molecule has 0 amide bonds. The van der Waals surface area contributed by atoms with Gasteiger partial charge < -0.3 is 24.8 Å². The Hall–Kier alpha value is -2.34. The lowest BCUT2D eigenvalue weighted by Gasteiger charge is -2.56. The van der Waals surface area contributed by atoms with Gasteiger partial charge in [0.1, 0.15) is 12.2 Å². The fourth-order valence-corrected chi connectivity index (χ4v) is 10.2. The number of rotatable bonds is 1. The van der Waals surface area contributed by atoms with Gasteiger partial charge in [0.25, 0.3) is 0 Å². The highest BCUT2D eigenvalue weighted by Gasteiger charge is 2.64. The molecular weight excluding hydrogens is 484 g/mol. The van der Waals surface area contributed by atoms with Crippen molar-refractivity contribution in [3.63, 3.8) is 0 Å². The Morgan fingerprint density at radius 3 is 2.90 bits per heavy atom. The molecule has 3 heterocycles. The number of nitrogens with one attached hydrogen (secondary N) is 1. The van der Waals surface area contributed by atoms with Gasteiger partial charge in [0.15, 0.2) is 11.5 Å². The van der Waals surface area contributed by atoms with Crippen molar-refractivity contribution in [3.8, 4) is 11.5 Å². The number of methoxy groups -OCH3 is 1. The second-order valence-electron chi connectivity index (χ2n) is 13.2. The number of likely N-dealkylation sites (N-methyl/N-ethyl adjacent to an activating group) is 1. The van der Waals surface area contributed by atoms with Gasteiger partial charge in [0, 0.05) is 34.4 Å². The predicted octanol–water partition coefficient (Wildman–Crippen LogP) is 4.53. The number of likely N-dealkylation sites (tertiary alicyclic amines) is 1. The van der Waals surface area contributed by atoms with Gasteiger partial charge in [-0.15, -0.1) is 0 Å². The van der Waals surface area contributed by atoms with Gasteiger partial charge >= 0.3 is 0 Å². The van der Waals surface area contributed by atoms with Crippen molar-refractivity contribution in [2.45, 2.75) is 86.5 Å². The maximum Gasteiger partial charge on any atom is 0.165 e. The van der Waals surface area contributed by atoms with E-state index >= 15 is 0 Å². The smallest absolute Gasteiger partial charge is 0.165 e. The Morgan fingerprint density at radius 1 is 1.10 bits per heavy atom. The first kappa shape index (κ1) is 23.4. The molecule has 7 aliphatic rings. The molecule has 9 rings (SSSR count). The number of hydrogen-bond donors (Lipinski definition) is 2. The van der Waals surface area contributed by atoms with Crippen LogP contribution in [0.5, 0.6) is 11.5 Å².